The lowest BCUT2D eigenvalue weighted by atomic mass is 10.1. The Labute approximate surface area is 157 Å². The number of nitrogens with zero attached hydrogens (tertiary/aromatic N) is 2. The van der Waals surface area contributed by atoms with E-state index in [1.54, 1.807) is 12.1 Å². The molecular formula is C19H22ClN3O3. The molecule has 2 N–H and O–H groups in total. The topological polar surface area (TPSA) is 78.6 Å². The summed E-state index contributed by atoms with van der Waals surface area (Å²) in [6.07, 6.45) is 2.25. The molecule has 26 heavy (non-hydrogen) atoms. The Bertz CT molecular complexity index is 773. The van der Waals surface area contributed by atoms with Crippen LogP contribution in [-0.4, -0.2) is 39.8 Å². The average molecular weight is 376 g/mol. The zero-order valence-corrected chi connectivity index (χ0v) is 15.2. The standard InChI is InChI=1S/C19H22ClN3O3/c20-14-5-1-12(2-6-14)9-21-19(25)17-8-16(24)11-23(17)10-15-7-18(26-22-15)13-3-4-13/h1-2,5-7,13,16-17,24H,3-4,8-11H2,(H,21,25). The van der Waals surface area contributed by atoms with Gasteiger partial charge in [-0.2, -0.15) is 0 Å². The lowest BCUT2D eigenvalue weighted by Crippen LogP contribution is -2.42. The Morgan fingerprint density at radius 3 is 2.85 bits per heavy atom. The van der Waals surface area contributed by atoms with Crippen molar-refractivity contribution in [3.8, 4) is 0 Å². The maximum Gasteiger partial charge on any atom is 0.237 e. The number of carbonyl (C=O) groups is 1. The number of aromatic nitrogens is 1. The van der Waals surface area contributed by atoms with Gasteiger partial charge < -0.3 is 14.9 Å². The molecule has 2 fully saturated rings. The fourth-order valence-electron chi connectivity index (χ4n) is 3.41. The maximum absolute atomic E-state index is 12.6. The number of aliphatic hydroxyl groups excluding tert-OH is 1. The lowest BCUT2D eigenvalue weighted by Gasteiger charge is -2.22. The molecule has 1 amide bonds. The van der Waals surface area contributed by atoms with Crippen LogP contribution in [0.4, 0.5) is 0 Å². The monoisotopic (exact) mass is 375 g/mol. The first-order valence-corrected chi connectivity index (χ1v) is 9.36. The van der Waals surface area contributed by atoms with Gasteiger partial charge in [0.15, 0.2) is 0 Å². The van der Waals surface area contributed by atoms with E-state index < -0.39 is 6.10 Å². The predicted molar refractivity (Wildman–Crippen MR) is 96.6 cm³/mol. The van der Waals surface area contributed by atoms with Crippen molar-refractivity contribution in [2.24, 2.45) is 0 Å². The molecule has 2 heterocycles. The van der Waals surface area contributed by atoms with Gasteiger partial charge in [0.25, 0.3) is 0 Å². The summed E-state index contributed by atoms with van der Waals surface area (Å²) < 4.78 is 5.39. The van der Waals surface area contributed by atoms with Crippen LogP contribution >= 0.6 is 11.6 Å². The van der Waals surface area contributed by atoms with Crippen molar-refractivity contribution in [2.45, 2.75) is 50.4 Å². The maximum atomic E-state index is 12.6. The molecule has 0 bridgehead atoms. The molecule has 2 unspecified atom stereocenters. The normalized spacial score (nSPS) is 23.3. The van der Waals surface area contributed by atoms with E-state index >= 15 is 0 Å². The summed E-state index contributed by atoms with van der Waals surface area (Å²) in [7, 11) is 0. The minimum absolute atomic E-state index is 0.0811. The molecule has 1 saturated carbocycles. The van der Waals surface area contributed by atoms with Crippen LogP contribution in [0.25, 0.3) is 0 Å². The third kappa shape index (κ3) is 4.09. The number of aliphatic hydroxyl groups is 1. The molecule has 1 aromatic heterocycles. The minimum atomic E-state index is -0.504. The van der Waals surface area contributed by atoms with E-state index in [0.29, 0.717) is 37.0 Å². The third-order valence-corrected chi connectivity index (χ3v) is 5.24. The van der Waals surface area contributed by atoms with Crippen LogP contribution in [0.5, 0.6) is 0 Å². The molecule has 1 aliphatic heterocycles. The van der Waals surface area contributed by atoms with E-state index in [0.717, 1.165) is 29.9 Å². The fourth-order valence-corrected chi connectivity index (χ4v) is 3.53. The van der Waals surface area contributed by atoms with Crippen LogP contribution < -0.4 is 5.32 Å². The largest absolute Gasteiger partial charge is 0.392 e. The van der Waals surface area contributed by atoms with Crippen molar-refractivity contribution in [2.75, 3.05) is 6.54 Å². The number of nitrogens with one attached hydrogen (secondary N) is 1. The summed E-state index contributed by atoms with van der Waals surface area (Å²) in [4.78, 5) is 14.6. The van der Waals surface area contributed by atoms with Crippen LogP contribution in [-0.2, 0) is 17.9 Å². The van der Waals surface area contributed by atoms with Gasteiger partial charge in [0.1, 0.15) is 5.76 Å². The van der Waals surface area contributed by atoms with Crippen LogP contribution in [0.2, 0.25) is 5.02 Å². The summed E-state index contributed by atoms with van der Waals surface area (Å²) >= 11 is 5.88. The molecule has 0 spiro atoms. The van der Waals surface area contributed by atoms with E-state index in [1.807, 2.05) is 23.1 Å². The summed E-state index contributed by atoms with van der Waals surface area (Å²) in [5, 5.41) is 17.8. The van der Waals surface area contributed by atoms with Crippen molar-refractivity contribution in [3.05, 3.63) is 52.4 Å². The quantitative estimate of drug-likeness (QED) is 0.810. The Morgan fingerprint density at radius 2 is 2.12 bits per heavy atom. The van der Waals surface area contributed by atoms with Gasteiger partial charge >= 0.3 is 0 Å². The summed E-state index contributed by atoms with van der Waals surface area (Å²) in [5.74, 6) is 1.37. The second kappa shape index (κ2) is 7.39. The van der Waals surface area contributed by atoms with Crippen LogP contribution in [0.1, 0.15) is 42.2 Å². The van der Waals surface area contributed by atoms with Crippen molar-refractivity contribution >= 4 is 17.5 Å². The molecular weight excluding hydrogens is 354 g/mol. The van der Waals surface area contributed by atoms with Crippen LogP contribution in [0.15, 0.2) is 34.9 Å². The van der Waals surface area contributed by atoms with E-state index in [4.69, 9.17) is 16.1 Å². The molecule has 2 aliphatic rings. The zero-order valence-electron chi connectivity index (χ0n) is 14.4. The van der Waals surface area contributed by atoms with Crippen molar-refractivity contribution in [1.82, 2.24) is 15.4 Å². The molecule has 0 radical (unpaired) electrons. The Kier molecular flexibility index (Phi) is 4.98. The van der Waals surface area contributed by atoms with Gasteiger partial charge in [-0.15, -0.1) is 0 Å². The smallest absolute Gasteiger partial charge is 0.237 e. The average Bonchev–Trinajstić information content (AvgIpc) is 3.27. The number of carbonyl (C=O) groups excluding carboxylic acids is 1. The SMILES string of the molecule is O=C(NCc1ccc(Cl)cc1)C1CC(O)CN1Cc1cc(C2CC2)on1. The Hall–Kier alpha value is -1.89. The zero-order chi connectivity index (χ0) is 18.1. The number of halogens is 1. The van der Waals surface area contributed by atoms with Crippen molar-refractivity contribution in [3.63, 3.8) is 0 Å². The van der Waals surface area contributed by atoms with E-state index in [-0.39, 0.29) is 11.9 Å². The number of hydrogen-bond donors (Lipinski definition) is 2. The fraction of sp³-hybridized carbons (Fsp3) is 0.474. The van der Waals surface area contributed by atoms with Crippen LogP contribution in [0, 0.1) is 0 Å². The molecule has 1 aliphatic carbocycles. The summed E-state index contributed by atoms with van der Waals surface area (Å²) in [5.41, 5.74) is 1.80. The molecule has 6 nitrogen and oxygen atoms in total. The molecule has 2 atom stereocenters. The number of amides is 1. The molecule has 1 saturated heterocycles. The van der Waals surface area contributed by atoms with Gasteiger partial charge in [-0.25, -0.2) is 0 Å². The lowest BCUT2D eigenvalue weighted by molar-refractivity contribution is -0.125. The molecule has 7 heteroatoms. The second-order valence-electron chi connectivity index (χ2n) is 7.17. The van der Waals surface area contributed by atoms with Crippen molar-refractivity contribution in [1.29, 1.82) is 0 Å². The molecule has 2 aromatic rings. The number of likely N-dealkylation sites (tertiary alicyclic amines) is 1. The number of benzene rings is 1. The van der Waals surface area contributed by atoms with Gasteiger partial charge in [0, 0.05) is 36.6 Å². The number of hydrogen-bond acceptors (Lipinski definition) is 5. The predicted octanol–water partition coefficient (Wildman–Crippen LogP) is 2.46. The van der Waals surface area contributed by atoms with Gasteiger partial charge in [-0.05, 0) is 37.0 Å². The first-order chi connectivity index (χ1) is 12.6. The van der Waals surface area contributed by atoms with E-state index in [9.17, 15) is 9.90 Å². The Morgan fingerprint density at radius 1 is 1.35 bits per heavy atom. The van der Waals surface area contributed by atoms with Gasteiger partial charge in [0.05, 0.1) is 17.8 Å². The third-order valence-electron chi connectivity index (χ3n) is 4.99. The minimum Gasteiger partial charge on any atom is -0.392 e. The summed E-state index contributed by atoms with van der Waals surface area (Å²) in [6.45, 7) is 1.41. The van der Waals surface area contributed by atoms with E-state index in [1.165, 1.54) is 0 Å². The number of β-amino-alcohol motifs (C(OH)–C–C–N with tert-alkyl or cyclic N) is 1. The van der Waals surface area contributed by atoms with Crippen molar-refractivity contribution < 1.29 is 14.4 Å². The molecule has 4 rings (SSSR count). The first kappa shape index (κ1) is 17.5. The highest BCUT2D eigenvalue weighted by Crippen LogP contribution is 2.40. The second-order valence-corrected chi connectivity index (χ2v) is 7.61. The van der Waals surface area contributed by atoms with E-state index in [2.05, 4.69) is 10.5 Å². The van der Waals surface area contributed by atoms with Gasteiger partial charge in [-0.3, -0.25) is 9.69 Å². The highest BCUT2D eigenvalue weighted by molar-refractivity contribution is 6.30. The first-order valence-electron chi connectivity index (χ1n) is 8.98. The molecule has 138 valence electrons. The Balaban J connectivity index is 1.36. The summed E-state index contributed by atoms with van der Waals surface area (Å²) in [6, 6.07) is 8.99. The molecule has 1 aromatic carbocycles. The van der Waals surface area contributed by atoms with Crippen LogP contribution in [0.3, 0.4) is 0 Å². The van der Waals surface area contributed by atoms with Gasteiger partial charge in [-0.1, -0.05) is 28.9 Å². The van der Waals surface area contributed by atoms with Gasteiger partial charge in [0.2, 0.25) is 5.91 Å². The highest BCUT2D eigenvalue weighted by atomic mass is 35.5. The number of rotatable bonds is 6. The highest BCUT2D eigenvalue weighted by Gasteiger charge is 2.36.